The van der Waals surface area contributed by atoms with Crippen LogP contribution in [0.1, 0.15) is 26.2 Å². The van der Waals surface area contributed by atoms with Gasteiger partial charge in [-0.1, -0.05) is 6.92 Å². The molecule has 1 saturated heterocycles. The molecule has 1 unspecified atom stereocenters. The summed E-state index contributed by atoms with van der Waals surface area (Å²) in [4.78, 5) is 6.76. The van der Waals surface area contributed by atoms with Crippen LogP contribution in [0.15, 0.2) is 22.8 Å². The SMILES string of the molecule is CCCOC1CCCN(c2ccc(Br)cn2)C1. The molecule has 17 heavy (non-hydrogen) atoms. The number of hydrogen-bond donors (Lipinski definition) is 0. The number of rotatable bonds is 4. The summed E-state index contributed by atoms with van der Waals surface area (Å²) < 4.78 is 6.85. The van der Waals surface area contributed by atoms with Gasteiger partial charge in [0.05, 0.1) is 6.10 Å². The minimum Gasteiger partial charge on any atom is -0.376 e. The predicted molar refractivity (Wildman–Crippen MR) is 73.4 cm³/mol. The van der Waals surface area contributed by atoms with Crippen LogP contribution in [0.25, 0.3) is 0 Å². The summed E-state index contributed by atoms with van der Waals surface area (Å²) in [6.07, 6.45) is 5.67. The van der Waals surface area contributed by atoms with Crippen molar-refractivity contribution in [3.05, 3.63) is 22.8 Å². The molecule has 0 aromatic carbocycles. The molecule has 0 amide bonds. The minimum atomic E-state index is 0.370. The standard InChI is InChI=1S/C13H19BrN2O/c1-2-8-17-12-4-3-7-16(10-12)13-6-5-11(14)9-15-13/h5-6,9,12H,2-4,7-8,10H2,1H3. The molecule has 0 aliphatic carbocycles. The maximum Gasteiger partial charge on any atom is 0.128 e. The summed E-state index contributed by atoms with van der Waals surface area (Å²) in [5, 5.41) is 0. The van der Waals surface area contributed by atoms with Crippen LogP contribution in [0, 0.1) is 0 Å². The van der Waals surface area contributed by atoms with Gasteiger partial charge >= 0.3 is 0 Å². The maximum absolute atomic E-state index is 5.83. The van der Waals surface area contributed by atoms with Gasteiger partial charge in [-0.05, 0) is 47.3 Å². The fourth-order valence-corrected chi connectivity index (χ4v) is 2.36. The lowest BCUT2D eigenvalue weighted by Gasteiger charge is -2.33. The summed E-state index contributed by atoms with van der Waals surface area (Å²) in [5.74, 6) is 1.05. The van der Waals surface area contributed by atoms with Crippen LogP contribution < -0.4 is 4.90 Å². The van der Waals surface area contributed by atoms with Gasteiger partial charge in [0.1, 0.15) is 5.82 Å². The third kappa shape index (κ3) is 3.68. The molecule has 1 aromatic heterocycles. The van der Waals surface area contributed by atoms with Crippen molar-refractivity contribution in [3.63, 3.8) is 0 Å². The van der Waals surface area contributed by atoms with E-state index in [1.54, 1.807) is 0 Å². The van der Waals surface area contributed by atoms with Crippen LogP contribution in [-0.2, 0) is 4.74 Å². The van der Waals surface area contributed by atoms with Crippen LogP contribution in [0.4, 0.5) is 5.82 Å². The Kier molecular flexibility index (Phi) is 4.80. The van der Waals surface area contributed by atoms with Gasteiger partial charge in [0, 0.05) is 30.4 Å². The van der Waals surface area contributed by atoms with Gasteiger partial charge in [0.2, 0.25) is 0 Å². The van der Waals surface area contributed by atoms with Crippen molar-refractivity contribution >= 4 is 21.7 Å². The number of aromatic nitrogens is 1. The highest BCUT2D eigenvalue weighted by molar-refractivity contribution is 9.10. The van der Waals surface area contributed by atoms with Crippen molar-refractivity contribution in [2.24, 2.45) is 0 Å². The number of pyridine rings is 1. The van der Waals surface area contributed by atoms with Crippen molar-refractivity contribution in [3.8, 4) is 0 Å². The molecule has 0 spiro atoms. The second kappa shape index (κ2) is 6.36. The minimum absolute atomic E-state index is 0.370. The lowest BCUT2D eigenvalue weighted by Crippen LogP contribution is -2.40. The lowest BCUT2D eigenvalue weighted by atomic mass is 10.1. The highest BCUT2D eigenvalue weighted by Crippen LogP contribution is 2.20. The largest absolute Gasteiger partial charge is 0.376 e. The first-order valence-electron chi connectivity index (χ1n) is 6.27. The zero-order chi connectivity index (χ0) is 12.1. The molecular formula is C13H19BrN2O. The molecule has 0 radical (unpaired) electrons. The van der Waals surface area contributed by atoms with E-state index in [4.69, 9.17) is 4.74 Å². The van der Waals surface area contributed by atoms with E-state index >= 15 is 0 Å². The Morgan fingerprint density at radius 1 is 1.53 bits per heavy atom. The van der Waals surface area contributed by atoms with Gasteiger partial charge in [-0.3, -0.25) is 0 Å². The van der Waals surface area contributed by atoms with E-state index in [1.165, 1.54) is 12.8 Å². The number of halogens is 1. The topological polar surface area (TPSA) is 25.4 Å². The number of ether oxygens (including phenoxy) is 1. The van der Waals surface area contributed by atoms with E-state index < -0.39 is 0 Å². The molecule has 2 heterocycles. The third-order valence-electron chi connectivity index (χ3n) is 2.97. The molecular weight excluding hydrogens is 280 g/mol. The molecule has 94 valence electrons. The number of piperidine rings is 1. The first-order valence-corrected chi connectivity index (χ1v) is 7.07. The third-order valence-corrected chi connectivity index (χ3v) is 3.44. The van der Waals surface area contributed by atoms with Crippen molar-refractivity contribution < 1.29 is 4.74 Å². The van der Waals surface area contributed by atoms with Gasteiger partial charge in [-0.15, -0.1) is 0 Å². The zero-order valence-corrected chi connectivity index (χ0v) is 11.8. The summed E-state index contributed by atoms with van der Waals surface area (Å²) in [6.45, 7) is 5.07. The highest BCUT2D eigenvalue weighted by Gasteiger charge is 2.20. The highest BCUT2D eigenvalue weighted by atomic mass is 79.9. The Morgan fingerprint density at radius 2 is 2.41 bits per heavy atom. The van der Waals surface area contributed by atoms with Crippen LogP contribution in [-0.4, -0.2) is 30.8 Å². The van der Waals surface area contributed by atoms with Crippen LogP contribution in [0.3, 0.4) is 0 Å². The summed E-state index contributed by atoms with van der Waals surface area (Å²) >= 11 is 3.41. The molecule has 0 bridgehead atoms. The Morgan fingerprint density at radius 3 is 3.12 bits per heavy atom. The van der Waals surface area contributed by atoms with Crippen LogP contribution in [0.2, 0.25) is 0 Å². The quantitative estimate of drug-likeness (QED) is 0.853. The fraction of sp³-hybridized carbons (Fsp3) is 0.615. The van der Waals surface area contributed by atoms with E-state index in [-0.39, 0.29) is 0 Å². The number of anilines is 1. The normalized spacial score (nSPS) is 20.6. The smallest absolute Gasteiger partial charge is 0.128 e. The number of nitrogens with zero attached hydrogens (tertiary/aromatic N) is 2. The Hall–Kier alpha value is -0.610. The molecule has 4 heteroatoms. The Bertz CT molecular complexity index is 342. The lowest BCUT2D eigenvalue weighted by molar-refractivity contribution is 0.0439. The van der Waals surface area contributed by atoms with Crippen molar-refractivity contribution in [1.29, 1.82) is 0 Å². The number of hydrogen-bond acceptors (Lipinski definition) is 3. The second-order valence-electron chi connectivity index (χ2n) is 4.42. The van der Waals surface area contributed by atoms with E-state index in [0.29, 0.717) is 6.10 Å². The summed E-state index contributed by atoms with van der Waals surface area (Å²) in [6, 6.07) is 4.10. The van der Waals surface area contributed by atoms with Gasteiger partial charge in [-0.25, -0.2) is 4.98 Å². The monoisotopic (exact) mass is 298 g/mol. The molecule has 1 fully saturated rings. The van der Waals surface area contributed by atoms with E-state index in [0.717, 1.165) is 36.4 Å². The Balaban J connectivity index is 1.94. The molecule has 0 saturated carbocycles. The maximum atomic E-state index is 5.83. The first-order chi connectivity index (χ1) is 8.29. The van der Waals surface area contributed by atoms with E-state index in [9.17, 15) is 0 Å². The van der Waals surface area contributed by atoms with Crippen molar-refractivity contribution in [2.45, 2.75) is 32.3 Å². The molecule has 3 nitrogen and oxygen atoms in total. The van der Waals surface area contributed by atoms with Gasteiger partial charge < -0.3 is 9.64 Å². The average molecular weight is 299 g/mol. The van der Waals surface area contributed by atoms with E-state index in [2.05, 4.69) is 38.8 Å². The zero-order valence-electron chi connectivity index (χ0n) is 10.2. The molecule has 1 aliphatic rings. The van der Waals surface area contributed by atoms with Crippen molar-refractivity contribution in [2.75, 3.05) is 24.6 Å². The van der Waals surface area contributed by atoms with E-state index in [1.807, 2.05) is 12.3 Å². The van der Waals surface area contributed by atoms with Gasteiger partial charge in [-0.2, -0.15) is 0 Å². The van der Waals surface area contributed by atoms with Gasteiger partial charge in [0.25, 0.3) is 0 Å². The Labute approximate surface area is 111 Å². The molecule has 2 rings (SSSR count). The molecule has 1 aliphatic heterocycles. The van der Waals surface area contributed by atoms with Crippen molar-refractivity contribution in [1.82, 2.24) is 4.98 Å². The predicted octanol–water partition coefficient (Wildman–Crippen LogP) is 3.24. The molecule has 1 atom stereocenters. The fourth-order valence-electron chi connectivity index (χ4n) is 2.12. The summed E-state index contributed by atoms with van der Waals surface area (Å²) in [5.41, 5.74) is 0. The van der Waals surface area contributed by atoms with Crippen LogP contribution >= 0.6 is 15.9 Å². The van der Waals surface area contributed by atoms with Gasteiger partial charge in [0.15, 0.2) is 0 Å². The van der Waals surface area contributed by atoms with Crippen LogP contribution in [0.5, 0.6) is 0 Å². The summed E-state index contributed by atoms with van der Waals surface area (Å²) in [7, 11) is 0. The second-order valence-corrected chi connectivity index (χ2v) is 5.33. The average Bonchev–Trinajstić information content (AvgIpc) is 2.37. The molecule has 0 N–H and O–H groups in total. The first kappa shape index (κ1) is 12.8. The molecule has 1 aromatic rings.